The Morgan fingerprint density at radius 3 is 0.867 bits per heavy atom. The molecule has 0 aliphatic carbocycles. The zero-order chi connectivity index (χ0) is 33.3. The lowest BCUT2D eigenvalue weighted by atomic mass is 10.0. The van der Waals surface area contributed by atoms with E-state index < -0.39 is 5.97 Å². The van der Waals surface area contributed by atoms with Gasteiger partial charge in [0, 0.05) is 19.5 Å². The summed E-state index contributed by atoms with van der Waals surface area (Å²) in [5.74, 6) is -0.653. The summed E-state index contributed by atoms with van der Waals surface area (Å²) in [6.07, 6.45) is 42.5. The summed E-state index contributed by atoms with van der Waals surface area (Å²) in [7, 11) is 0. The lowest BCUT2D eigenvalue weighted by molar-refractivity contribution is -0.137. The van der Waals surface area contributed by atoms with Crippen LogP contribution < -0.4 is 0 Å². The summed E-state index contributed by atoms with van der Waals surface area (Å²) in [6.45, 7) is 7.34. The summed E-state index contributed by atoms with van der Waals surface area (Å²) in [5, 5.41) is 26.5. The molecular weight excluding hydrogens is 558 g/mol. The van der Waals surface area contributed by atoms with Crippen molar-refractivity contribution < 1.29 is 20.1 Å². The van der Waals surface area contributed by atoms with Gasteiger partial charge < -0.3 is 15.3 Å². The SMILES string of the molecule is CCCCCCCCCCCCCCCCCC(=O)O.CCCCCCCCCCCCCCCCCCN(CCO)CCO. The first kappa shape index (κ1) is 46.5. The highest BCUT2D eigenvalue weighted by molar-refractivity contribution is 5.66. The molecule has 5 nitrogen and oxygen atoms in total. The number of carboxylic acids is 1. The van der Waals surface area contributed by atoms with Gasteiger partial charge in [0.25, 0.3) is 0 Å². The summed E-state index contributed by atoms with van der Waals surface area (Å²) < 4.78 is 0. The van der Waals surface area contributed by atoms with E-state index in [1.54, 1.807) is 0 Å². The van der Waals surface area contributed by atoms with Crippen LogP contribution in [0.3, 0.4) is 0 Å². The van der Waals surface area contributed by atoms with Crippen molar-refractivity contribution in [3.05, 3.63) is 0 Å². The van der Waals surface area contributed by atoms with Gasteiger partial charge in [-0.05, 0) is 19.4 Å². The van der Waals surface area contributed by atoms with E-state index in [2.05, 4.69) is 18.7 Å². The van der Waals surface area contributed by atoms with Gasteiger partial charge in [0.1, 0.15) is 0 Å². The average Bonchev–Trinajstić information content (AvgIpc) is 3.03. The smallest absolute Gasteiger partial charge is 0.303 e. The summed E-state index contributed by atoms with van der Waals surface area (Å²) in [6, 6.07) is 0. The minimum Gasteiger partial charge on any atom is -0.481 e. The van der Waals surface area contributed by atoms with Crippen LogP contribution in [0, 0.1) is 0 Å². The number of hydrogen-bond donors (Lipinski definition) is 3. The third kappa shape index (κ3) is 45.5. The van der Waals surface area contributed by atoms with E-state index in [-0.39, 0.29) is 13.2 Å². The maximum atomic E-state index is 10.3. The quantitative estimate of drug-likeness (QED) is 0.0588. The molecule has 0 aromatic heterocycles. The maximum absolute atomic E-state index is 10.3. The van der Waals surface area contributed by atoms with Gasteiger partial charge in [-0.1, -0.05) is 200 Å². The number of aliphatic hydroxyl groups excluding tert-OH is 2. The van der Waals surface area contributed by atoms with E-state index in [9.17, 15) is 4.79 Å². The van der Waals surface area contributed by atoms with Crippen LogP contribution in [0.2, 0.25) is 0 Å². The van der Waals surface area contributed by atoms with E-state index in [4.69, 9.17) is 15.3 Å². The minimum atomic E-state index is -0.653. The highest BCUT2D eigenvalue weighted by Crippen LogP contribution is 2.15. The molecule has 0 aromatic carbocycles. The molecule has 5 heteroatoms. The molecule has 0 unspecified atom stereocenters. The molecule has 0 saturated heterocycles. The number of unbranched alkanes of at least 4 members (excludes halogenated alkanes) is 29. The molecule has 0 heterocycles. The topological polar surface area (TPSA) is 81.0 Å². The lowest BCUT2D eigenvalue weighted by Crippen LogP contribution is -2.30. The van der Waals surface area contributed by atoms with Crippen molar-refractivity contribution in [3.63, 3.8) is 0 Å². The summed E-state index contributed by atoms with van der Waals surface area (Å²) >= 11 is 0. The van der Waals surface area contributed by atoms with Crippen LogP contribution in [-0.2, 0) is 4.79 Å². The highest BCUT2D eigenvalue weighted by Gasteiger charge is 2.03. The first-order valence-electron chi connectivity index (χ1n) is 20.3. The number of nitrogens with zero attached hydrogens (tertiary/aromatic N) is 1. The number of aliphatic hydroxyl groups is 2. The number of carboxylic acid groups (broad SMARTS) is 1. The van der Waals surface area contributed by atoms with Crippen molar-refractivity contribution in [1.82, 2.24) is 4.90 Å². The van der Waals surface area contributed by atoms with Crippen molar-refractivity contribution in [3.8, 4) is 0 Å². The Bertz CT molecular complexity index is 524. The molecule has 0 aromatic rings. The van der Waals surface area contributed by atoms with Crippen LogP contribution in [0.4, 0.5) is 0 Å². The second-order valence-electron chi connectivity index (χ2n) is 13.7. The molecule has 0 rings (SSSR count). The van der Waals surface area contributed by atoms with Crippen LogP contribution >= 0.6 is 0 Å². The fraction of sp³-hybridized carbons (Fsp3) is 0.975. The number of aliphatic carboxylic acids is 1. The fourth-order valence-corrected chi connectivity index (χ4v) is 6.15. The molecule has 0 saturated carbocycles. The zero-order valence-corrected chi connectivity index (χ0v) is 30.9. The molecule has 0 amide bonds. The van der Waals surface area contributed by atoms with Crippen molar-refractivity contribution in [2.45, 2.75) is 219 Å². The molecule has 0 fully saturated rings. The normalized spacial score (nSPS) is 11.2. The van der Waals surface area contributed by atoms with Crippen molar-refractivity contribution in [2.24, 2.45) is 0 Å². The number of rotatable bonds is 37. The molecule has 0 radical (unpaired) electrons. The molecule has 0 spiro atoms. The fourth-order valence-electron chi connectivity index (χ4n) is 6.15. The second-order valence-corrected chi connectivity index (χ2v) is 13.7. The van der Waals surface area contributed by atoms with Crippen LogP contribution in [0.25, 0.3) is 0 Å². The molecule has 0 aliphatic heterocycles. The van der Waals surface area contributed by atoms with Crippen molar-refractivity contribution in [1.29, 1.82) is 0 Å². The summed E-state index contributed by atoms with van der Waals surface area (Å²) in [4.78, 5) is 12.5. The molecule has 0 atom stereocenters. The monoisotopic (exact) mass is 642 g/mol. The van der Waals surface area contributed by atoms with E-state index >= 15 is 0 Å². The average molecular weight is 642 g/mol. The Morgan fingerprint density at radius 2 is 0.622 bits per heavy atom. The Morgan fingerprint density at radius 1 is 0.378 bits per heavy atom. The van der Waals surface area contributed by atoms with Gasteiger partial charge in [-0.25, -0.2) is 0 Å². The van der Waals surface area contributed by atoms with Gasteiger partial charge in [-0.2, -0.15) is 0 Å². The Hall–Kier alpha value is -0.650. The van der Waals surface area contributed by atoms with Crippen LogP contribution in [0.5, 0.6) is 0 Å². The van der Waals surface area contributed by atoms with E-state index in [0.717, 1.165) is 19.4 Å². The second kappa shape index (κ2) is 43.4. The first-order valence-corrected chi connectivity index (χ1v) is 20.3. The predicted molar refractivity (Wildman–Crippen MR) is 197 cm³/mol. The Balaban J connectivity index is 0. The van der Waals surface area contributed by atoms with Crippen LogP contribution in [0.15, 0.2) is 0 Å². The predicted octanol–water partition coefficient (Wildman–Crippen LogP) is 11.9. The van der Waals surface area contributed by atoms with Crippen molar-refractivity contribution >= 4 is 5.97 Å². The van der Waals surface area contributed by atoms with Gasteiger partial charge in [-0.15, -0.1) is 0 Å². The maximum Gasteiger partial charge on any atom is 0.303 e. The zero-order valence-electron chi connectivity index (χ0n) is 30.9. The largest absolute Gasteiger partial charge is 0.481 e. The lowest BCUT2D eigenvalue weighted by Gasteiger charge is -2.19. The first-order chi connectivity index (χ1) is 22.1. The molecule has 45 heavy (non-hydrogen) atoms. The van der Waals surface area contributed by atoms with Crippen molar-refractivity contribution in [2.75, 3.05) is 32.8 Å². The van der Waals surface area contributed by atoms with Crippen LogP contribution in [-0.4, -0.2) is 59.0 Å². The molecule has 272 valence electrons. The van der Waals surface area contributed by atoms with E-state index in [0.29, 0.717) is 19.5 Å². The third-order valence-corrected chi connectivity index (χ3v) is 9.15. The molecule has 3 N–H and O–H groups in total. The van der Waals surface area contributed by atoms with E-state index in [1.165, 1.54) is 186 Å². The standard InChI is InChI=1S/C22H47NO2.C18H36O2/c1-2-3-4-5-6-7-8-9-10-11-12-13-14-15-16-17-18-23(19-21-24)20-22-25;1-2-3-4-5-6-7-8-9-10-11-12-13-14-15-16-17-18(19)20/h24-25H,2-22H2,1H3;2-17H2,1H3,(H,19,20). The highest BCUT2D eigenvalue weighted by atomic mass is 16.4. The van der Waals surface area contributed by atoms with E-state index in [1.807, 2.05) is 0 Å². The van der Waals surface area contributed by atoms with Gasteiger partial charge in [0.05, 0.1) is 13.2 Å². The van der Waals surface area contributed by atoms with Gasteiger partial charge in [-0.3, -0.25) is 9.69 Å². The van der Waals surface area contributed by atoms with Gasteiger partial charge >= 0.3 is 5.97 Å². The third-order valence-electron chi connectivity index (χ3n) is 9.15. The minimum absolute atomic E-state index is 0.193. The number of carbonyl (C=O) groups is 1. The van der Waals surface area contributed by atoms with Gasteiger partial charge in [0.15, 0.2) is 0 Å². The Kier molecular flexibility index (Phi) is 44.8. The molecule has 0 aliphatic rings. The van der Waals surface area contributed by atoms with Crippen LogP contribution in [0.1, 0.15) is 219 Å². The number of hydrogen-bond acceptors (Lipinski definition) is 4. The Labute approximate surface area is 282 Å². The molecule has 0 bridgehead atoms. The summed E-state index contributed by atoms with van der Waals surface area (Å²) in [5.41, 5.74) is 0. The van der Waals surface area contributed by atoms with Gasteiger partial charge in [0.2, 0.25) is 0 Å². The molecular formula is C40H83NO4.